The molecule has 1 spiro atoms. The molecule has 2 fully saturated rings. The molecule has 1 N–H and O–H groups in total. The van der Waals surface area contributed by atoms with E-state index in [1.54, 1.807) is 7.11 Å². The summed E-state index contributed by atoms with van der Waals surface area (Å²) in [4.78, 5) is 10.8. The van der Waals surface area contributed by atoms with Crippen molar-refractivity contribution < 1.29 is 27.7 Å². The Hall–Kier alpha value is -3.66. The van der Waals surface area contributed by atoms with Gasteiger partial charge in [-0.15, -0.1) is 0 Å². The van der Waals surface area contributed by atoms with E-state index in [-0.39, 0.29) is 29.2 Å². The van der Waals surface area contributed by atoms with E-state index in [9.17, 15) is 8.78 Å². The van der Waals surface area contributed by atoms with Crippen molar-refractivity contribution in [2.75, 3.05) is 50.7 Å². The number of nitrogens with one attached hydrogen (secondary N) is 1. The molecule has 35 heavy (non-hydrogen) atoms. The highest BCUT2D eigenvalue weighted by Gasteiger charge is 2.49. The predicted octanol–water partition coefficient (Wildman–Crippen LogP) is 4.24. The smallest absolute Gasteiger partial charge is 0.227 e. The van der Waals surface area contributed by atoms with Crippen LogP contribution in [0.2, 0.25) is 0 Å². The summed E-state index contributed by atoms with van der Waals surface area (Å²) in [6.45, 7) is 4.79. The molecule has 0 saturated carbocycles. The topological polar surface area (TPSA) is 78.0 Å². The highest BCUT2D eigenvalue weighted by atomic mass is 19.1. The number of ether oxygens (including phenoxy) is 4. The Morgan fingerprint density at radius 3 is 2.37 bits per heavy atom. The van der Waals surface area contributed by atoms with Crippen molar-refractivity contribution in [2.45, 2.75) is 13.5 Å². The van der Waals surface area contributed by atoms with E-state index in [1.165, 1.54) is 32.5 Å². The van der Waals surface area contributed by atoms with Crippen LogP contribution < -0.4 is 24.4 Å². The van der Waals surface area contributed by atoms with Gasteiger partial charge < -0.3 is 29.2 Å². The number of rotatable bonds is 8. The zero-order valence-electron chi connectivity index (χ0n) is 19.7. The first-order chi connectivity index (χ1) is 16.9. The molecular weight excluding hydrogens is 458 g/mol. The van der Waals surface area contributed by atoms with Crippen LogP contribution in [0.4, 0.5) is 26.1 Å². The van der Waals surface area contributed by atoms with Crippen LogP contribution in [0.25, 0.3) is 0 Å². The number of aromatic nitrogens is 2. The Bertz CT molecular complexity index is 1230. The summed E-state index contributed by atoms with van der Waals surface area (Å²) < 4.78 is 50.2. The van der Waals surface area contributed by atoms with E-state index >= 15 is 0 Å². The van der Waals surface area contributed by atoms with Crippen molar-refractivity contribution >= 4 is 17.3 Å². The van der Waals surface area contributed by atoms with Gasteiger partial charge in [0.15, 0.2) is 17.3 Å². The molecule has 2 saturated heterocycles. The van der Waals surface area contributed by atoms with E-state index in [0.717, 1.165) is 43.4 Å². The number of hydrogen-bond donors (Lipinski definition) is 1. The van der Waals surface area contributed by atoms with Gasteiger partial charge in [-0.25, -0.2) is 18.7 Å². The first-order valence-electron chi connectivity index (χ1n) is 11.2. The molecule has 1 aromatic heterocycles. The molecule has 0 bridgehead atoms. The fraction of sp³-hybridized carbons (Fsp3) is 0.360. The normalized spacial score (nSPS) is 15.9. The zero-order valence-corrected chi connectivity index (χ0v) is 19.7. The minimum atomic E-state index is -0.790. The SMILES string of the molecule is COc1cc(Nc2ncc(OCc3c(F)c(C)cc(OC)c3F)cn2)ccc1N1CC2(COC2)C1. The van der Waals surface area contributed by atoms with Crippen LogP contribution in [-0.4, -0.2) is 50.5 Å². The van der Waals surface area contributed by atoms with Crippen molar-refractivity contribution in [3.63, 3.8) is 0 Å². The average molecular weight is 485 g/mol. The van der Waals surface area contributed by atoms with Gasteiger partial charge in [0.2, 0.25) is 5.95 Å². The lowest BCUT2D eigenvalue weighted by atomic mass is 9.77. The molecular formula is C25H26F2N4O4. The van der Waals surface area contributed by atoms with Gasteiger partial charge in [-0.05, 0) is 30.7 Å². The first-order valence-corrected chi connectivity index (χ1v) is 11.2. The third-order valence-electron chi connectivity index (χ3n) is 6.32. The number of nitrogens with zero attached hydrogens (tertiary/aromatic N) is 3. The van der Waals surface area contributed by atoms with E-state index in [4.69, 9.17) is 18.9 Å². The Kier molecular flexibility index (Phi) is 6.06. The number of aryl methyl sites for hydroxylation is 1. The Morgan fingerprint density at radius 2 is 1.74 bits per heavy atom. The molecule has 0 amide bonds. The monoisotopic (exact) mass is 484 g/mol. The maximum Gasteiger partial charge on any atom is 0.227 e. The van der Waals surface area contributed by atoms with Gasteiger partial charge in [0.05, 0.1) is 56.5 Å². The third kappa shape index (κ3) is 4.41. The first kappa shape index (κ1) is 23.1. The van der Waals surface area contributed by atoms with Crippen molar-refractivity contribution in [1.29, 1.82) is 0 Å². The molecule has 2 aliphatic heterocycles. The second-order valence-corrected chi connectivity index (χ2v) is 8.89. The number of anilines is 3. The lowest BCUT2D eigenvalue weighted by molar-refractivity contribution is -0.127. The molecule has 3 aromatic rings. The summed E-state index contributed by atoms with van der Waals surface area (Å²) in [5.74, 6) is -0.130. The van der Waals surface area contributed by atoms with Crippen molar-refractivity contribution in [1.82, 2.24) is 9.97 Å². The zero-order chi connectivity index (χ0) is 24.6. The Balaban J connectivity index is 1.22. The minimum Gasteiger partial charge on any atom is -0.495 e. The van der Waals surface area contributed by atoms with Gasteiger partial charge >= 0.3 is 0 Å². The molecule has 8 nitrogen and oxygen atoms in total. The number of benzene rings is 2. The van der Waals surface area contributed by atoms with Gasteiger partial charge in [-0.3, -0.25) is 0 Å². The van der Waals surface area contributed by atoms with Crippen molar-refractivity contribution in [2.24, 2.45) is 5.41 Å². The van der Waals surface area contributed by atoms with Crippen LogP contribution in [0.5, 0.6) is 17.2 Å². The summed E-state index contributed by atoms with van der Waals surface area (Å²) in [6, 6.07) is 7.14. The summed E-state index contributed by atoms with van der Waals surface area (Å²) in [7, 11) is 2.97. The van der Waals surface area contributed by atoms with Crippen LogP contribution in [-0.2, 0) is 11.3 Å². The second kappa shape index (κ2) is 9.18. The summed E-state index contributed by atoms with van der Waals surface area (Å²) in [5.41, 5.74) is 2.16. The molecule has 10 heteroatoms. The molecule has 2 aromatic carbocycles. The maximum atomic E-state index is 14.4. The van der Waals surface area contributed by atoms with E-state index in [2.05, 4.69) is 20.2 Å². The van der Waals surface area contributed by atoms with Crippen LogP contribution in [0.1, 0.15) is 11.1 Å². The highest BCUT2D eigenvalue weighted by Crippen LogP contribution is 2.43. The molecule has 0 aliphatic carbocycles. The standard InChI is InChI=1S/C25H26F2N4O4/c1-15-6-21(33-3)23(27)18(22(15)26)10-35-17-8-28-24(29-9-17)30-16-4-5-19(20(7-16)32-2)31-11-25(12-31)13-34-14-25/h4-9H,10-14H2,1-3H3,(H,28,29,30). The van der Waals surface area contributed by atoms with E-state index < -0.39 is 11.6 Å². The Morgan fingerprint density at radius 1 is 1.03 bits per heavy atom. The van der Waals surface area contributed by atoms with Gasteiger partial charge in [-0.2, -0.15) is 0 Å². The van der Waals surface area contributed by atoms with Crippen LogP contribution >= 0.6 is 0 Å². The van der Waals surface area contributed by atoms with Crippen molar-refractivity contribution in [3.8, 4) is 17.2 Å². The largest absolute Gasteiger partial charge is 0.495 e. The second-order valence-electron chi connectivity index (χ2n) is 8.89. The summed E-state index contributed by atoms with van der Waals surface area (Å²) in [5, 5.41) is 3.13. The molecule has 184 valence electrons. The van der Waals surface area contributed by atoms with E-state index in [0.29, 0.717) is 11.4 Å². The van der Waals surface area contributed by atoms with Crippen molar-refractivity contribution in [3.05, 3.63) is 59.4 Å². The van der Waals surface area contributed by atoms with Gasteiger partial charge in [0, 0.05) is 24.8 Å². The number of methoxy groups -OCH3 is 2. The number of hydrogen-bond acceptors (Lipinski definition) is 8. The summed E-state index contributed by atoms with van der Waals surface area (Å²) in [6.07, 6.45) is 2.87. The minimum absolute atomic E-state index is 0.0367. The average Bonchev–Trinajstić information content (AvgIpc) is 2.81. The third-order valence-corrected chi connectivity index (χ3v) is 6.32. The van der Waals surface area contributed by atoms with Gasteiger partial charge in [0.1, 0.15) is 18.2 Å². The molecule has 0 unspecified atom stereocenters. The van der Waals surface area contributed by atoms with Crippen LogP contribution in [0.3, 0.4) is 0 Å². The number of halogens is 2. The highest BCUT2D eigenvalue weighted by molar-refractivity contribution is 5.68. The molecule has 0 radical (unpaired) electrons. The Labute approximate surface area is 201 Å². The van der Waals surface area contributed by atoms with E-state index in [1.807, 2.05) is 18.2 Å². The van der Waals surface area contributed by atoms with Crippen LogP contribution in [0.15, 0.2) is 36.7 Å². The molecule has 5 rings (SSSR count). The lowest BCUT2D eigenvalue weighted by Gasteiger charge is -2.56. The fourth-order valence-electron chi connectivity index (χ4n) is 4.35. The molecule has 0 atom stereocenters. The quantitative estimate of drug-likeness (QED) is 0.509. The maximum absolute atomic E-state index is 14.4. The fourth-order valence-corrected chi connectivity index (χ4v) is 4.35. The predicted molar refractivity (Wildman–Crippen MR) is 126 cm³/mol. The molecule has 2 aliphatic rings. The van der Waals surface area contributed by atoms with Gasteiger partial charge in [-0.1, -0.05) is 0 Å². The lowest BCUT2D eigenvalue weighted by Crippen LogP contribution is -2.66. The van der Waals surface area contributed by atoms with Gasteiger partial charge in [0.25, 0.3) is 0 Å². The molecule has 3 heterocycles. The summed E-state index contributed by atoms with van der Waals surface area (Å²) >= 11 is 0. The van der Waals surface area contributed by atoms with Crippen LogP contribution in [0, 0.1) is 24.0 Å².